The first-order valence-electron chi connectivity index (χ1n) is 10.4. The van der Waals surface area contributed by atoms with Gasteiger partial charge in [0, 0.05) is 32.3 Å². The van der Waals surface area contributed by atoms with Gasteiger partial charge in [-0.15, -0.1) is 0 Å². The van der Waals surface area contributed by atoms with Crippen LogP contribution in [0.4, 0.5) is 25.8 Å². The molecule has 3 amide bonds. The summed E-state index contributed by atoms with van der Waals surface area (Å²) in [6.07, 6.45) is 2.50. The molecule has 9 heteroatoms. The molecule has 0 unspecified atom stereocenters. The van der Waals surface area contributed by atoms with Gasteiger partial charge in [0.25, 0.3) is 5.91 Å². The fraction of sp³-hybridized carbons (Fsp3) is 0.348. The van der Waals surface area contributed by atoms with E-state index in [1.165, 1.54) is 9.80 Å². The first-order valence-corrected chi connectivity index (χ1v) is 10.4. The Hall–Kier alpha value is -3.49. The normalized spacial score (nSPS) is 17.5. The zero-order valence-corrected chi connectivity index (χ0v) is 17.9. The summed E-state index contributed by atoms with van der Waals surface area (Å²) in [6.45, 7) is 0.324. The van der Waals surface area contributed by atoms with E-state index in [2.05, 4.69) is 5.32 Å². The minimum Gasteiger partial charge on any atom is -0.358 e. The number of nitrogens with zero attached hydrogens (tertiary/aromatic N) is 3. The number of piperidine rings is 1. The molecule has 0 saturated carbocycles. The Labute approximate surface area is 184 Å². The minimum absolute atomic E-state index is 0.229. The van der Waals surface area contributed by atoms with E-state index in [9.17, 15) is 23.2 Å². The highest BCUT2D eigenvalue weighted by Crippen LogP contribution is 2.40. The van der Waals surface area contributed by atoms with Crippen molar-refractivity contribution in [2.24, 2.45) is 0 Å². The van der Waals surface area contributed by atoms with Gasteiger partial charge in [-0.1, -0.05) is 0 Å². The minimum atomic E-state index is -0.776. The molecule has 168 valence electrons. The Morgan fingerprint density at radius 3 is 2.62 bits per heavy atom. The second kappa shape index (κ2) is 8.57. The number of nitrogens with one attached hydrogen (secondary N) is 1. The number of carbonyl (C=O) groups is 3. The van der Waals surface area contributed by atoms with E-state index in [0.29, 0.717) is 24.2 Å². The molecule has 4 rings (SSSR count). The van der Waals surface area contributed by atoms with Crippen LogP contribution in [-0.2, 0) is 9.59 Å². The fourth-order valence-electron chi connectivity index (χ4n) is 4.24. The maximum atomic E-state index is 14.0. The molecular weight excluding hydrogens is 418 g/mol. The number of halogens is 2. The van der Waals surface area contributed by atoms with Crippen molar-refractivity contribution in [2.45, 2.75) is 25.3 Å². The number of fused-ring (bicyclic) bond motifs is 3. The summed E-state index contributed by atoms with van der Waals surface area (Å²) in [4.78, 5) is 43.3. The molecule has 2 heterocycles. The number of hydrogen-bond donors (Lipinski definition) is 1. The number of anilines is 3. The number of benzene rings is 2. The molecule has 1 atom stereocenters. The lowest BCUT2D eigenvalue weighted by molar-refractivity contribution is -0.123. The Balaban J connectivity index is 1.68. The van der Waals surface area contributed by atoms with Crippen LogP contribution in [0.15, 0.2) is 36.4 Å². The van der Waals surface area contributed by atoms with E-state index in [-0.39, 0.29) is 24.0 Å². The molecule has 2 aromatic carbocycles. The Bertz CT molecular complexity index is 1090. The third-order valence-electron chi connectivity index (χ3n) is 5.79. The SMILES string of the molecule is CN(C)C(=O)c1ccc2c(c1)N(CC(=O)Nc1cc(F)ccc1F)C(=O)[C@@H]1CCCCN21. The highest BCUT2D eigenvalue weighted by Gasteiger charge is 2.40. The Morgan fingerprint density at radius 1 is 1.09 bits per heavy atom. The summed E-state index contributed by atoms with van der Waals surface area (Å²) in [5.74, 6) is -2.61. The summed E-state index contributed by atoms with van der Waals surface area (Å²) >= 11 is 0. The van der Waals surface area contributed by atoms with Gasteiger partial charge in [0.1, 0.15) is 24.2 Å². The van der Waals surface area contributed by atoms with E-state index in [1.807, 2.05) is 4.90 Å². The van der Waals surface area contributed by atoms with Gasteiger partial charge >= 0.3 is 0 Å². The number of rotatable bonds is 4. The van der Waals surface area contributed by atoms with Crippen LogP contribution in [0.5, 0.6) is 0 Å². The maximum Gasteiger partial charge on any atom is 0.253 e. The predicted molar refractivity (Wildman–Crippen MR) is 117 cm³/mol. The smallest absolute Gasteiger partial charge is 0.253 e. The van der Waals surface area contributed by atoms with E-state index in [4.69, 9.17) is 0 Å². The van der Waals surface area contributed by atoms with E-state index < -0.39 is 23.6 Å². The Kier molecular flexibility index (Phi) is 5.82. The molecule has 2 aromatic rings. The van der Waals surface area contributed by atoms with Crippen LogP contribution in [0, 0.1) is 11.6 Å². The molecule has 0 aromatic heterocycles. The quantitative estimate of drug-likeness (QED) is 0.790. The molecule has 1 N–H and O–H groups in total. The summed E-state index contributed by atoms with van der Waals surface area (Å²) in [6, 6.07) is 7.48. The van der Waals surface area contributed by atoms with Crippen molar-refractivity contribution in [1.29, 1.82) is 0 Å². The van der Waals surface area contributed by atoms with Gasteiger partial charge in [-0.05, 0) is 49.6 Å². The van der Waals surface area contributed by atoms with E-state index >= 15 is 0 Å². The highest BCUT2D eigenvalue weighted by molar-refractivity contribution is 6.11. The van der Waals surface area contributed by atoms with Gasteiger partial charge in [0.05, 0.1) is 17.1 Å². The van der Waals surface area contributed by atoms with Crippen molar-refractivity contribution < 1.29 is 23.2 Å². The Morgan fingerprint density at radius 2 is 1.88 bits per heavy atom. The van der Waals surface area contributed by atoms with Crippen LogP contribution >= 0.6 is 0 Å². The molecule has 0 spiro atoms. The lowest BCUT2D eigenvalue weighted by Gasteiger charge is -2.45. The highest BCUT2D eigenvalue weighted by atomic mass is 19.1. The zero-order chi connectivity index (χ0) is 23.0. The number of carbonyl (C=O) groups excluding carboxylic acids is 3. The molecule has 1 saturated heterocycles. The molecule has 32 heavy (non-hydrogen) atoms. The first-order chi connectivity index (χ1) is 15.3. The summed E-state index contributed by atoms with van der Waals surface area (Å²) in [5, 5.41) is 2.34. The average Bonchev–Trinajstić information content (AvgIpc) is 2.78. The molecular formula is C23H24F2N4O3. The van der Waals surface area contributed by atoms with Crippen LogP contribution in [0.3, 0.4) is 0 Å². The van der Waals surface area contributed by atoms with E-state index in [1.54, 1.807) is 32.3 Å². The summed E-state index contributed by atoms with van der Waals surface area (Å²) in [5.41, 5.74) is 1.32. The van der Waals surface area contributed by atoms with Crippen molar-refractivity contribution in [3.05, 3.63) is 53.6 Å². The monoisotopic (exact) mass is 442 g/mol. The van der Waals surface area contributed by atoms with Crippen molar-refractivity contribution in [3.8, 4) is 0 Å². The molecule has 2 aliphatic rings. The van der Waals surface area contributed by atoms with Gasteiger partial charge in [-0.25, -0.2) is 8.78 Å². The van der Waals surface area contributed by atoms with Crippen molar-refractivity contribution in [2.75, 3.05) is 42.3 Å². The molecule has 0 radical (unpaired) electrons. The van der Waals surface area contributed by atoms with Crippen LogP contribution in [0.25, 0.3) is 0 Å². The molecule has 2 aliphatic heterocycles. The van der Waals surface area contributed by atoms with Crippen molar-refractivity contribution in [3.63, 3.8) is 0 Å². The van der Waals surface area contributed by atoms with Crippen LogP contribution < -0.4 is 15.1 Å². The van der Waals surface area contributed by atoms with Gasteiger partial charge in [0.2, 0.25) is 11.8 Å². The van der Waals surface area contributed by atoms with Gasteiger partial charge in [-0.2, -0.15) is 0 Å². The van der Waals surface area contributed by atoms with Crippen LogP contribution in [0.1, 0.15) is 29.6 Å². The number of amides is 3. The second-order valence-corrected chi connectivity index (χ2v) is 8.20. The zero-order valence-electron chi connectivity index (χ0n) is 17.9. The lowest BCUT2D eigenvalue weighted by Crippen LogP contribution is -2.56. The summed E-state index contributed by atoms with van der Waals surface area (Å²) in [7, 11) is 3.26. The average molecular weight is 442 g/mol. The summed E-state index contributed by atoms with van der Waals surface area (Å²) < 4.78 is 27.4. The maximum absolute atomic E-state index is 14.0. The second-order valence-electron chi connectivity index (χ2n) is 8.20. The largest absolute Gasteiger partial charge is 0.358 e. The fourth-order valence-corrected chi connectivity index (χ4v) is 4.24. The number of hydrogen-bond acceptors (Lipinski definition) is 4. The van der Waals surface area contributed by atoms with Crippen LogP contribution in [-0.4, -0.2) is 55.8 Å². The standard InChI is InChI=1S/C23H24F2N4O3/c1-27(2)22(31)14-6-9-18-20(11-14)29(23(32)19-5-3-4-10-28(18)19)13-21(30)26-17-12-15(24)7-8-16(17)25/h6-9,11-12,19H,3-5,10,13H2,1-2H3,(H,26,30)/t19-/m0/s1. The first kappa shape index (κ1) is 21.7. The molecule has 7 nitrogen and oxygen atoms in total. The topological polar surface area (TPSA) is 73.0 Å². The molecule has 0 bridgehead atoms. The van der Waals surface area contributed by atoms with Crippen LogP contribution in [0.2, 0.25) is 0 Å². The van der Waals surface area contributed by atoms with Crippen molar-refractivity contribution >= 4 is 34.8 Å². The van der Waals surface area contributed by atoms with E-state index in [0.717, 1.165) is 36.7 Å². The predicted octanol–water partition coefficient (Wildman–Crippen LogP) is 3.01. The lowest BCUT2D eigenvalue weighted by atomic mass is 9.95. The van der Waals surface area contributed by atoms with Gasteiger partial charge < -0.3 is 15.1 Å². The molecule has 1 fully saturated rings. The molecule has 0 aliphatic carbocycles. The third-order valence-corrected chi connectivity index (χ3v) is 5.79. The van der Waals surface area contributed by atoms with Gasteiger partial charge in [-0.3, -0.25) is 19.3 Å². The van der Waals surface area contributed by atoms with Gasteiger partial charge in [0.15, 0.2) is 0 Å². The third kappa shape index (κ3) is 4.02. The van der Waals surface area contributed by atoms with Crippen molar-refractivity contribution in [1.82, 2.24) is 4.90 Å².